The molecule has 3 aromatic rings. The quantitative estimate of drug-likeness (QED) is 0.334. The fraction of sp³-hybridized carbons (Fsp3) is 0.292. The van der Waals surface area contributed by atoms with E-state index in [2.05, 4.69) is 35.9 Å². The number of amides is 1. The molecule has 0 aliphatic heterocycles. The van der Waals surface area contributed by atoms with Crippen LogP contribution in [0.15, 0.2) is 71.2 Å². The van der Waals surface area contributed by atoms with Gasteiger partial charge in [-0.25, -0.2) is 8.42 Å². The van der Waals surface area contributed by atoms with E-state index in [1.165, 1.54) is 11.8 Å². The average molecular weight is 485 g/mol. The Bertz CT molecular complexity index is 1240. The third kappa shape index (κ3) is 6.11. The number of hydrogen-bond donors (Lipinski definition) is 1. The number of sulfone groups is 1. The second kappa shape index (κ2) is 10.8. The second-order valence-corrected chi connectivity index (χ2v) is 10.8. The zero-order valence-corrected chi connectivity index (χ0v) is 20.6. The van der Waals surface area contributed by atoms with E-state index in [1.54, 1.807) is 41.0 Å². The molecule has 1 aromatic heterocycles. The molecule has 2 aromatic carbocycles. The van der Waals surface area contributed by atoms with Gasteiger partial charge < -0.3 is 9.88 Å². The standard InChI is InChI=1S/C24H28N4O3S2/c1-5-14-28-21(16-33(30,31)19-11-7-6-8-12-19)26-27-24(28)32-15-22(29)25-23-18(4)10-9-13-20(23)17(2)3/h5-13,17H,1,14-16H2,2-4H3,(H,25,29). The number of carbonyl (C=O) groups excluding carboxylic acids is 1. The van der Waals surface area contributed by atoms with Gasteiger partial charge >= 0.3 is 0 Å². The van der Waals surface area contributed by atoms with Crippen LogP contribution in [0.25, 0.3) is 0 Å². The number of aryl methyl sites for hydroxylation is 1. The molecule has 0 radical (unpaired) electrons. The molecule has 0 bridgehead atoms. The highest BCUT2D eigenvalue weighted by atomic mass is 32.2. The highest BCUT2D eigenvalue weighted by Crippen LogP contribution is 2.28. The summed E-state index contributed by atoms with van der Waals surface area (Å²) in [5, 5.41) is 11.7. The molecule has 1 amide bonds. The summed E-state index contributed by atoms with van der Waals surface area (Å²) in [6, 6.07) is 14.2. The number of aromatic nitrogens is 3. The van der Waals surface area contributed by atoms with Crippen molar-refractivity contribution in [1.82, 2.24) is 14.8 Å². The van der Waals surface area contributed by atoms with E-state index < -0.39 is 9.84 Å². The molecule has 0 saturated carbocycles. The van der Waals surface area contributed by atoms with Gasteiger partial charge in [-0.05, 0) is 36.1 Å². The lowest BCUT2D eigenvalue weighted by Gasteiger charge is -2.16. The van der Waals surface area contributed by atoms with Gasteiger partial charge in [-0.2, -0.15) is 0 Å². The zero-order valence-electron chi connectivity index (χ0n) is 19.0. The van der Waals surface area contributed by atoms with Crippen LogP contribution in [0.1, 0.15) is 36.7 Å². The molecule has 0 aliphatic rings. The van der Waals surface area contributed by atoms with Crippen molar-refractivity contribution in [1.29, 1.82) is 0 Å². The molecule has 0 unspecified atom stereocenters. The summed E-state index contributed by atoms with van der Waals surface area (Å²) in [7, 11) is -3.58. The van der Waals surface area contributed by atoms with Crippen LogP contribution < -0.4 is 5.32 Å². The Balaban J connectivity index is 1.74. The van der Waals surface area contributed by atoms with Crippen LogP contribution >= 0.6 is 11.8 Å². The molecule has 3 rings (SSSR count). The van der Waals surface area contributed by atoms with Crippen LogP contribution in [0.2, 0.25) is 0 Å². The number of thioether (sulfide) groups is 1. The summed E-state index contributed by atoms with van der Waals surface area (Å²) in [5.74, 6) is 0.251. The van der Waals surface area contributed by atoms with Crippen molar-refractivity contribution in [2.45, 2.75) is 49.0 Å². The lowest BCUT2D eigenvalue weighted by atomic mass is 9.98. The molecule has 0 atom stereocenters. The first-order chi connectivity index (χ1) is 15.7. The lowest BCUT2D eigenvalue weighted by Crippen LogP contribution is -2.17. The Labute approximate surface area is 199 Å². The van der Waals surface area contributed by atoms with E-state index in [0.29, 0.717) is 17.5 Å². The second-order valence-electron chi connectivity index (χ2n) is 7.90. The first-order valence-corrected chi connectivity index (χ1v) is 13.2. The molecule has 1 heterocycles. The maximum absolute atomic E-state index is 12.8. The number of anilines is 1. The number of hydrogen-bond acceptors (Lipinski definition) is 6. The first-order valence-electron chi connectivity index (χ1n) is 10.6. The van der Waals surface area contributed by atoms with Crippen molar-refractivity contribution < 1.29 is 13.2 Å². The third-order valence-corrected chi connectivity index (χ3v) is 7.65. The fourth-order valence-corrected chi connectivity index (χ4v) is 5.43. The van der Waals surface area contributed by atoms with Gasteiger partial charge in [-0.15, -0.1) is 16.8 Å². The van der Waals surface area contributed by atoms with Crippen molar-refractivity contribution in [3.63, 3.8) is 0 Å². The van der Waals surface area contributed by atoms with E-state index in [0.717, 1.165) is 16.8 Å². The average Bonchev–Trinajstić information content (AvgIpc) is 3.15. The summed E-state index contributed by atoms with van der Waals surface area (Å²) < 4.78 is 27.2. The smallest absolute Gasteiger partial charge is 0.234 e. The molecule has 0 spiro atoms. The number of allylic oxidation sites excluding steroid dienone is 1. The van der Waals surface area contributed by atoms with Crippen molar-refractivity contribution in [3.8, 4) is 0 Å². The van der Waals surface area contributed by atoms with Gasteiger partial charge in [0.2, 0.25) is 5.91 Å². The number of nitrogens with one attached hydrogen (secondary N) is 1. The minimum absolute atomic E-state index is 0.118. The van der Waals surface area contributed by atoms with Gasteiger partial charge in [0.25, 0.3) is 0 Å². The van der Waals surface area contributed by atoms with Crippen molar-refractivity contribution in [2.24, 2.45) is 0 Å². The van der Waals surface area contributed by atoms with Crippen LogP contribution in [0.5, 0.6) is 0 Å². The molecule has 9 heteroatoms. The van der Waals surface area contributed by atoms with E-state index in [4.69, 9.17) is 0 Å². The number of para-hydroxylation sites is 1. The van der Waals surface area contributed by atoms with E-state index in [9.17, 15) is 13.2 Å². The molecule has 0 fully saturated rings. The van der Waals surface area contributed by atoms with Gasteiger partial charge in [0.05, 0.1) is 10.6 Å². The Morgan fingerprint density at radius 3 is 2.55 bits per heavy atom. The maximum Gasteiger partial charge on any atom is 0.234 e. The number of benzene rings is 2. The van der Waals surface area contributed by atoms with Crippen LogP contribution in [0.3, 0.4) is 0 Å². The maximum atomic E-state index is 12.8. The Morgan fingerprint density at radius 1 is 1.15 bits per heavy atom. The SMILES string of the molecule is C=CCn1c(CS(=O)(=O)c2ccccc2)nnc1SCC(=O)Nc1c(C)cccc1C(C)C. The lowest BCUT2D eigenvalue weighted by molar-refractivity contribution is -0.113. The number of nitrogens with zero attached hydrogens (tertiary/aromatic N) is 3. The molecular formula is C24H28N4O3S2. The van der Waals surface area contributed by atoms with Gasteiger partial charge in [-0.1, -0.05) is 68.1 Å². The topological polar surface area (TPSA) is 93.9 Å². The summed E-state index contributed by atoms with van der Waals surface area (Å²) in [6.45, 7) is 10.2. The largest absolute Gasteiger partial charge is 0.325 e. The summed E-state index contributed by atoms with van der Waals surface area (Å²) in [4.78, 5) is 12.9. The molecular weight excluding hydrogens is 456 g/mol. The molecule has 0 saturated heterocycles. The normalized spacial score (nSPS) is 11.5. The molecule has 1 N–H and O–H groups in total. The molecule has 174 valence electrons. The van der Waals surface area contributed by atoms with Crippen molar-refractivity contribution in [3.05, 3.63) is 78.1 Å². The number of carbonyl (C=O) groups is 1. The molecule has 7 nitrogen and oxygen atoms in total. The monoisotopic (exact) mass is 484 g/mol. The Kier molecular flexibility index (Phi) is 8.10. The predicted octanol–water partition coefficient (Wildman–Crippen LogP) is 4.60. The Hall–Kier alpha value is -2.91. The highest BCUT2D eigenvalue weighted by molar-refractivity contribution is 7.99. The fourth-order valence-electron chi connectivity index (χ4n) is 3.37. The van der Waals surface area contributed by atoms with Gasteiger partial charge in [0.1, 0.15) is 11.6 Å². The molecule has 33 heavy (non-hydrogen) atoms. The van der Waals surface area contributed by atoms with Crippen molar-refractivity contribution in [2.75, 3.05) is 11.1 Å². The van der Waals surface area contributed by atoms with E-state index in [1.807, 2.05) is 25.1 Å². The van der Waals surface area contributed by atoms with Crippen molar-refractivity contribution >= 4 is 33.2 Å². The van der Waals surface area contributed by atoms with Gasteiger partial charge in [-0.3, -0.25) is 4.79 Å². The van der Waals surface area contributed by atoms with Crippen LogP contribution in [-0.4, -0.2) is 34.8 Å². The highest BCUT2D eigenvalue weighted by Gasteiger charge is 2.22. The summed E-state index contributed by atoms with van der Waals surface area (Å²) in [5.41, 5.74) is 2.92. The summed E-state index contributed by atoms with van der Waals surface area (Å²) >= 11 is 1.21. The van der Waals surface area contributed by atoms with Gasteiger partial charge in [0.15, 0.2) is 15.0 Å². The van der Waals surface area contributed by atoms with E-state index >= 15 is 0 Å². The third-order valence-electron chi connectivity index (χ3n) is 5.05. The molecule has 0 aliphatic carbocycles. The summed E-state index contributed by atoms with van der Waals surface area (Å²) in [6.07, 6.45) is 1.65. The first kappa shape index (κ1) is 24.7. The van der Waals surface area contributed by atoms with Crippen LogP contribution in [0, 0.1) is 6.92 Å². The zero-order chi connectivity index (χ0) is 24.0. The predicted molar refractivity (Wildman–Crippen MR) is 132 cm³/mol. The Morgan fingerprint density at radius 2 is 1.88 bits per heavy atom. The minimum Gasteiger partial charge on any atom is -0.325 e. The van der Waals surface area contributed by atoms with Crippen LogP contribution in [-0.2, 0) is 26.9 Å². The minimum atomic E-state index is -3.58. The van der Waals surface area contributed by atoms with Gasteiger partial charge in [0, 0.05) is 12.2 Å². The van der Waals surface area contributed by atoms with E-state index in [-0.39, 0.29) is 28.2 Å². The van der Waals surface area contributed by atoms with Crippen LogP contribution in [0.4, 0.5) is 5.69 Å². The number of rotatable bonds is 10.